The summed E-state index contributed by atoms with van der Waals surface area (Å²) in [7, 11) is 0. The fourth-order valence-corrected chi connectivity index (χ4v) is 6.01. The summed E-state index contributed by atoms with van der Waals surface area (Å²) in [6, 6.07) is 9.39. The Hall–Kier alpha value is -3.46. The number of aromatic nitrogens is 1. The Labute approximate surface area is 202 Å². The van der Waals surface area contributed by atoms with Crippen molar-refractivity contribution in [2.24, 2.45) is 0 Å². The smallest absolute Gasteiger partial charge is 0.407 e. The minimum absolute atomic E-state index is 0.0501. The average molecular weight is 478 g/mol. The number of carbonyl (C=O) groups excluding carboxylic acids is 2. The van der Waals surface area contributed by atoms with E-state index in [1.807, 2.05) is 35.2 Å². The van der Waals surface area contributed by atoms with Crippen LogP contribution >= 0.6 is 0 Å². The van der Waals surface area contributed by atoms with E-state index in [0.29, 0.717) is 37.9 Å². The maximum Gasteiger partial charge on any atom is 0.407 e. The summed E-state index contributed by atoms with van der Waals surface area (Å²) in [5.74, 6) is -0.333. The molecular weight excluding hydrogens is 450 g/mol. The zero-order valence-electron chi connectivity index (χ0n) is 19.3. The van der Waals surface area contributed by atoms with Gasteiger partial charge in [-0.1, -0.05) is 24.3 Å². The highest BCUT2D eigenvalue weighted by atomic mass is 16.6. The van der Waals surface area contributed by atoms with Gasteiger partial charge in [0.1, 0.15) is 0 Å². The van der Waals surface area contributed by atoms with Gasteiger partial charge in [-0.2, -0.15) is 0 Å². The number of rotatable bonds is 3. The van der Waals surface area contributed by atoms with Crippen molar-refractivity contribution >= 4 is 18.0 Å². The molecule has 3 fully saturated rings. The number of likely N-dealkylation sites (tertiary alicyclic amines) is 2. The first-order valence-corrected chi connectivity index (χ1v) is 12.0. The van der Waals surface area contributed by atoms with Crippen LogP contribution in [-0.2, 0) is 26.1 Å². The largest absolute Gasteiger partial charge is 0.465 e. The minimum Gasteiger partial charge on any atom is -0.465 e. The van der Waals surface area contributed by atoms with Crippen LogP contribution in [0.1, 0.15) is 59.2 Å². The van der Waals surface area contributed by atoms with E-state index in [4.69, 9.17) is 9.84 Å². The highest BCUT2D eigenvalue weighted by Crippen LogP contribution is 2.52. The number of piperidine rings is 1. The van der Waals surface area contributed by atoms with E-state index in [1.165, 1.54) is 11.1 Å². The molecule has 1 aromatic carbocycles. The second kappa shape index (κ2) is 7.52. The Kier molecular flexibility index (Phi) is 4.73. The molecule has 0 unspecified atom stereocenters. The first kappa shape index (κ1) is 22.0. The topological polar surface area (TPSA) is 120 Å². The molecule has 3 aliphatic heterocycles. The number of ether oxygens (including phenoxy) is 1. The van der Waals surface area contributed by atoms with Crippen LogP contribution in [0.4, 0.5) is 4.79 Å². The first-order valence-electron chi connectivity index (χ1n) is 12.0. The number of fused-ring (bicyclic) bond motifs is 2. The molecule has 1 aromatic heterocycles. The van der Waals surface area contributed by atoms with Gasteiger partial charge in [-0.05, 0) is 42.9 Å². The molecule has 2 aromatic rings. The molecule has 1 atom stereocenters. The maximum atomic E-state index is 13.7. The van der Waals surface area contributed by atoms with E-state index >= 15 is 0 Å². The fraction of sp³-hybridized carbons (Fsp3) is 0.462. The van der Waals surface area contributed by atoms with Gasteiger partial charge in [0.2, 0.25) is 5.91 Å². The summed E-state index contributed by atoms with van der Waals surface area (Å²) in [5.41, 5.74) is 0.516. The van der Waals surface area contributed by atoms with E-state index in [-0.39, 0.29) is 25.0 Å². The molecular formula is C26H27N3O6. The molecule has 0 bridgehead atoms. The Morgan fingerprint density at radius 2 is 1.57 bits per heavy atom. The molecule has 1 spiro atoms. The molecule has 6 rings (SSSR count). The summed E-state index contributed by atoms with van der Waals surface area (Å²) in [5, 5.41) is 20.3. The number of aliphatic hydroxyl groups is 1. The lowest BCUT2D eigenvalue weighted by Crippen LogP contribution is -2.44. The van der Waals surface area contributed by atoms with Crippen molar-refractivity contribution in [2.45, 2.75) is 48.7 Å². The lowest BCUT2D eigenvalue weighted by atomic mass is 9.83. The third-order valence-electron chi connectivity index (χ3n) is 8.33. The summed E-state index contributed by atoms with van der Waals surface area (Å²) in [4.78, 5) is 44.4. The van der Waals surface area contributed by atoms with Crippen molar-refractivity contribution in [3.63, 3.8) is 0 Å². The van der Waals surface area contributed by atoms with Crippen LogP contribution < -0.4 is 0 Å². The van der Waals surface area contributed by atoms with Crippen LogP contribution in [0.3, 0.4) is 0 Å². The van der Waals surface area contributed by atoms with Crippen LogP contribution in [-0.4, -0.2) is 69.1 Å². The van der Waals surface area contributed by atoms with Crippen LogP contribution in [0.2, 0.25) is 0 Å². The molecule has 2 amide bonds. The lowest BCUT2D eigenvalue weighted by Gasteiger charge is -2.37. The average Bonchev–Trinajstić information content (AvgIpc) is 3.50. The molecule has 35 heavy (non-hydrogen) atoms. The molecule has 1 aliphatic carbocycles. The van der Waals surface area contributed by atoms with Gasteiger partial charge in [0.05, 0.1) is 23.1 Å². The fourth-order valence-electron chi connectivity index (χ4n) is 6.01. The monoisotopic (exact) mass is 477 g/mol. The Morgan fingerprint density at radius 1 is 0.914 bits per heavy atom. The number of hydrogen-bond donors (Lipinski definition) is 2. The van der Waals surface area contributed by atoms with Crippen molar-refractivity contribution < 1.29 is 29.3 Å². The highest BCUT2D eigenvalue weighted by Gasteiger charge is 2.57. The second-order valence-corrected chi connectivity index (χ2v) is 10.2. The van der Waals surface area contributed by atoms with Crippen LogP contribution in [0, 0.1) is 0 Å². The number of hydrogen-bond acceptors (Lipinski definition) is 6. The second-order valence-electron chi connectivity index (χ2n) is 10.2. The number of esters is 1. The zero-order valence-corrected chi connectivity index (χ0v) is 19.3. The molecule has 0 radical (unpaired) electrons. The molecule has 1 saturated carbocycles. The molecule has 2 N–H and O–H groups in total. The highest BCUT2D eigenvalue weighted by molar-refractivity contribution is 5.95. The SMILES string of the molecule is O=C1O[C@]2(CCN(C(=O)C3(c4ccc(C5(O)CCN(C(=O)O)CC5)cc4)CC3)C2)c2ccncc21. The Morgan fingerprint density at radius 3 is 2.23 bits per heavy atom. The van der Waals surface area contributed by atoms with E-state index in [9.17, 15) is 19.5 Å². The number of nitrogens with zero attached hydrogens (tertiary/aromatic N) is 3. The Balaban J connectivity index is 1.18. The number of carbonyl (C=O) groups is 3. The van der Waals surface area contributed by atoms with Crippen molar-refractivity contribution in [3.05, 3.63) is 65.0 Å². The summed E-state index contributed by atoms with van der Waals surface area (Å²) < 4.78 is 5.77. The van der Waals surface area contributed by atoms with Gasteiger partial charge in [0.25, 0.3) is 0 Å². The summed E-state index contributed by atoms with van der Waals surface area (Å²) in [6.45, 7) is 1.44. The van der Waals surface area contributed by atoms with E-state index in [2.05, 4.69) is 4.98 Å². The summed E-state index contributed by atoms with van der Waals surface area (Å²) in [6.07, 6.45) is 4.98. The van der Waals surface area contributed by atoms with Crippen molar-refractivity contribution in [1.82, 2.24) is 14.8 Å². The van der Waals surface area contributed by atoms with Crippen molar-refractivity contribution in [3.8, 4) is 0 Å². The number of carboxylic acid groups (broad SMARTS) is 1. The standard InChI is InChI=1S/C26H27N3O6/c30-21-19-15-27-11-5-20(19)26(35-21)10-14-29(16-26)22(31)24(6-7-24)17-1-3-18(4-2-17)25(34)8-12-28(13-9-25)23(32)33/h1-5,11,15,34H,6-10,12-14,16H2,(H,32,33)/t26-/m0/s1. The van der Waals surface area contributed by atoms with Crippen LogP contribution in [0.25, 0.3) is 0 Å². The molecule has 9 heteroatoms. The number of pyridine rings is 1. The van der Waals surface area contributed by atoms with Crippen molar-refractivity contribution in [1.29, 1.82) is 0 Å². The third-order valence-corrected chi connectivity index (χ3v) is 8.33. The van der Waals surface area contributed by atoms with Gasteiger partial charge in [0, 0.05) is 44.0 Å². The van der Waals surface area contributed by atoms with Crippen LogP contribution in [0.5, 0.6) is 0 Å². The lowest BCUT2D eigenvalue weighted by molar-refractivity contribution is -0.134. The maximum absolute atomic E-state index is 13.7. The van der Waals surface area contributed by atoms with E-state index in [1.54, 1.807) is 6.20 Å². The van der Waals surface area contributed by atoms with Crippen LogP contribution in [0.15, 0.2) is 42.7 Å². The number of benzene rings is 1. The van der Waals surface area contributed by atoms with E-state index < -0.39 is 22.7 Å². The zero-order chi connectivity index (χ0) is 24.4. The predicted molar refractivity (Wildman–Crippen MR) is 123 cm³/mol. The van der Waals surface area contributed by atoms with Gasteiger partial charge in [-0.15, -0.1) is 0 Å². The van der Waals surface area contributed by atoms with Gasteiger partial charge in [-0.3, -0.25) is 9.78 Å². The molecule has 2 saturated heterocycles. The molecule has 9 nitrogen and oxygen atoms in total. The third kappa shape index (κ3) is 3.32. The van der Waals surface area contributed by atoms with E-state index in [0.717, 1.165) is 29.5 Å². The van der Waals surface area contributed by atoms with Gasteiger partial charge >= 0.3 is 12.1 Å². The van der Waals surface area contributed by atoms with Gasteiger partial charge in [-0.25, -0.2) is 9.59 Å². The van der Waals surface area contributed by atoms with Gasteiger partial charge in [0.15, 0.2) is 5.60 Å². The number of amides is 2. The minimum atomic E-state index is -1.07. The Bertz CT molecular complexity index is 1220. The predicted octanol–water partition coefficient (Wildman–Crippen LogP) is 2.37. The van der Waals surface area contributed by atoms with Crippen molar-refractivity contribution in [2.75, 3.05) is 26.2 Å². The van der Waals surface area contributed by atoms with Gasteiger partial charge < -0.3 is 24.7 Å². The molecule has 182 valence electrons. The normalized spacial score (nSPS) is 25.9. The molecule has 4 heterocycles. The first-order chi connectivity index (χ1) is 16.8. The summed E-state index contributed by atoms with van der Waals surface area (Å²) >= 11 is 0. The molecule has 4 aliphatic rings. The quantitative estimate of drug-likeness (QED) is 0.651.